The summed E-state index contributed by atoms with van der Waals surface area (Å²) < 4.78 is 12.1. The third-order valence-electron chi connectivity index (χ3n) is 5.92. The van der Waals surface area contributed by atoms with Crippen molar-refractivity contribution in [1.29, 1.82) is 0 Å². The SMILES string of the molecule is c1ccc(OCCN2CCOc3cc4c(c(C5CC5)c32)CCNCC4)cc1. The average Bonchev–Trinajstić information content (AvgIpc) is 3.54. The van der Waals surface area contributed by atoms with Crippen LogP contribution in [0.1, 0.15) is 35.4 Å². The summed E-state index contributed by atoms with van der Waals surface area (Å²) in [6.45, 7) is 5.48. The molecule has 0 saturated heterocycles. The van der Waals surface area contributed by atoms with E-state index in [4.69, 9.17) is 9.47 Å². The average molecular weight is 364 g/mol. The van der Waals surface area contributed by atoms with E-state index in [0.717, 1.165) is 63.0 Å². The van der Waals surface area contributed by atoms with Crippen molar-refractivity contribution in [2.24, 2.45) is 0 Å². The highest BCUT2D eigenvalue weighted by Gasteiger charge is 2.35. The number of hydrogen-bond acceptors (Lipinski definition) is 4. The molecule has 0 aromatic heterocycles. The second-order valence-electron chi connectivity index (χ2n) is 7.80. The van der Waals surface area contributed by atoms with Crippen molar-refractivity contribution < 1.29 is 9.47 Å². The molecule has 0 spiro atoms. The van der Waals surface area contributed by atoms with Crippen molar-refractivity contribution in [1.82, 2.24) is 5.32 Å². The van der Waals surface area contributed by atoms with Gasteiger partial charge in [0.25, 0.3) is 0 Å². The molecule has 2 aromatic carbocycles. The molecule has 5 rings (SSSR count). The Morgan fingerprint density at radius 2 is 1.96 bits per heavy atom. The number of nitrogens with zero attached hydrogens (tertiary/aromatic N) is 1. The molecular weight excluding hydrogens is 336 g/mol. The third-order valence-corrected chi connectivity index (χ3v) is 5.92. The van der Waals surface area contributed by atoms with Crippen LogP contribution in [0.2, 0.25) is 0 Å². The van der Waals surface area contributed by atoms with Crippen LogP contribution in [0.15, 0.2) is 36.4 Å². The molecule has 2 aromatic rings. The number of hydrogen-bond donors (Lipinski definition) is 1. The van der Waals surface area contributed by atoms with Crippen molar-refractivity contribution in [3.63, 3.8) is 0 Å². The first-order valence-corrected chi connectivity index (χ1v) is 10.3. The van der Waals surface area contributed by atoms with Gasteiger partial charge in [0, 0.05) is 0 Å². The fourth-order valence-corrected chi connectivity index (χ4v) is 4.48. The van der Waals surface area contributed by atoms with Gasteiger partial charge in [-0.1, -0.05) is 18.2 Å². The Kier molecular flexibility index (Phi) is 4.66. The van der Waals surface area contributed by atoms with Crippen LogP contribution in [0, 0.1) is 0 Å². The molecule has 142 valence electrons. The normalized spacial score (nSPS) is 18.9. The molecule has 1 saturated carbocycles. The number of ether oxygens (including phenoxy) is 2. The maximum atomic E-state index is 6.14. The quantitative estimate of drug-likeness (QED) is 0.880. The molecular formula is C23H28N2O2. The smallest absolute Gasteiger partial charge is 0.143 e. The van der Waals surface area contributed by atoms with Crippen LogP contribution < -0.4 is 19.7 Å². The molecule has 4 nitrogen and oxygen atoms in total. The Labute approximate surface area is 161 Å². The van der Waals surface area contributed by atoms with Gasteiger partial charge >= 0.3 is 0 Å². The molecule has 1 N–H and O–H groups in total. The largest absolute Gasteiger partial charge is 0.492 e. The van der Waals surface area contributed by atoms with Crippen LogP contribution in [-0.4, -0.2) is 39.4 Å². The van der Waals surface area contributed by atoms with Crippen molar-refractivity contribution in [3.05, 3.63) is 53.1 Å². The van der Waals surface area contributed by atoms with E-state index in [1.165, 1.54) is 24.1 Å². The highest BCUT2D eigenvalue weighted by molar-refractivity contribution is 5.71. The maximum absolute atomic E-state index is 6.14. The predicted octanol–water partition coefficient (Wildman–Crippen LogP) is 3.53. The topological polar surface area (TPSA) is 33.7 Å². The van der Waals surface area contributed by atoms with Gasteiger partial charge in [-0.05, 0) is 79.6 Å². The number of benzene rings is 2. The Hall–Kier alpha value is -2.20. The van der Waals surface area contributed by atoms with E-state index in [2.05, 4.69) is 16.3 Å². The van der Waals surface area contributed by atoms with Gasteiger partial charge in [-0.25, -0.2) is 0 Å². The first-order chi connectivity index (χ1) is 13.4. The second kappa shape index (κ2) is 7.43. The lowest BCUT2D eigenvalue weighted by atomic mass is 9.91. The first-order valence-electron chi connectivity index (χ1n) is 10.3. The molecule has 0 bridgehead atoms. The maximum Gasteiger partial charge on any atom is 0.143 e. The lowest BCUT2D eigenvalue weighted by Crippen LogP contribution is -2.37. The van der Waals surface area contributed by atoms with E-state index in [0.29, 0.717) is 6.61 Å². The van der Waals surface area contributed by atoms with Crippen LogP contribution >= 0.6 is 0 Å². The highest BCUT2D eigenvalue weighted by atomic mass is 16.5. The number of nitrogens with one attached hydrogen (secondary N) is 1. The Morgan fingerprint density at radius 3 is 2.81 bits per heavy atom. The summed E-state index contributed by atoms with van der Waals surface area (Å²) in [5, 5.41) is 3.56. The summed E-state index contributed by atoms with van der Waals surface area (Å²) in [6.07, 6.45) is 4.90. The van der Waals surface area contributed by atoms with Gasteiger partial charge in [0.05, 0.1) is 18.8 Å². The van der Waals surface area contributed by atoms with E-state index in [9.17, 15) is 0 Å². The molecule has 0 radical (unpaired) electrons. The Bertz CT molecular complexity index is 802. The summed E-state index contributed by atoms with van der Waals surface area (Å²) in [5.74, 6) is 2.77. The minimum atomic E-state index is 0.701. The van der Waals surface area contributed by atoms with Crippen molar-refractivity contribution in [2.75, 3.05) is 44.3 Å². The molecule has 1 fully saturated rings. The minimum Gasteiger partial charge on any atom is -0.492 e. The van der Waals surface area contributed by atoms with E-state index in [1.54, 1.807) is 11.1 Å². The Balaban J connectivity index is 1.43. The molecule has 27 heavy (non-hydrogen) atoms. The van der Waals surface area contributed by atoms with Gasteiger partial charge < -0.3 is 19.7 Å². The van der Waals surface area contributed by atoms with Crippen LogP contribution in [0.5, 0.6) is 11.5 Å². The first kappa shape index (κ1) is 16.9. The van der Waals surface area contributed by atoms with Crippen molar-refractivity contribution in [3.8, 4) is 11.5 Å². The van der Waals surface area contributed by atoms with Crippen LogP contribution in [0.25, 0.3) is 0 Å². The van der Waals surface area contributed by atoms with Crippen LogP contribution in [0.3, 0.4) is 0 Å². The number of anilines is 1. The zero-order valence-corrected chi connectivity index (χ0v) is 15.9. The zero-order valence-electron chi connectivity index (χ0n) is 15.9. The summed E-state index contributed by atoms with van der Waals surface area (Å²) in [4.78, 5) is 2.51. The molecule has 2 aliphatic heterocycles. The summed E-state index contributed by atoms with van der Waals surface area (Å²) >= 11 is 0. The lowest BCUT2D eigenvalue weighted by molar-refractivity contribution is 0.287. The Morgan fingerprint density at radius 1 is 1.11 bits per heavy atom. The molecule has 1 aliphatic carbocycles. The predicted molar refractivity (Wildman–Crippen MR) is 108 cm³/mol. The summed E-state index contributed by atoms with van der Waals surface area (Å²) in [7, 11) is 0. The van der Waals surface area contributed by atoms with Gasteiger partial charge in [0.2, 0.25) is 0 Å². The molecule has 0 atom stereocenters. The molecule has 3 aliphatic rings. The van der Waals surface area contributed by atoms with Crippen LogP contribution in [0.4, 0.5) is 5.69 Å². The van der Waals surface area contributed by atoms with E-state index >= 15 is 0 Å². The minimum absolute atomic E-state index is 0.701. The van der Waals surface area contributed by atoms with Crippen LogP contribution in [-0.2, 0) is 12.8 Å². The van der Waals surface area contributed by atoms with E-state index in [1.807, 2.05) is 30.3 Å². The van der Waals surface area contributed by atoms with Crippen molar-refractivity contribution in [2.45, 2.75) is 31.6 Å². The molecule has 0 unspecified atom stereocenters. The zero-order chi connectivity index (χ0) is 18.1. The van der Waals surface area contributed by atoms with Gasteiger partial charge in [-0.15, -0.1) is 0 Å². The monoisotopic (exact) mass is 364 g/mol. The fourth-order valence-electron chi connectivity index (χ4n) is 4.48. The molecule has 4 heteroatoms. The fraction of sp³-hybridized carbons (Fsp3) is 0.478. The lowest BCUT2D eigenvalue weighted by Gasteiger charge is -2.35. The van der Waals surface area contributed by atoms with E-state index in [-0.39, 0.29) is 0 Å². The standard InChI is InChI=1S/C23H28N2O2/c1-2-4-19(5-3-1)26-14-12-25-13-15-27-21-16-18-8-10-24-11-9-20(18)22(23(21)25)17-6-7-17/h1-5,16-17,24H,6-15H2. The van der Waals surface area contributed by atoms with Crippen molar-refractivity contribution >= 4 is 5.69 Å². The number of para-hydroxylation sites is 1. The summed E-state index contributed by atoms with van der Waals surface area (Å²) in [5.41, 5.74) is 6.05. The third kappa shape index (κ3) is 3.51. The number of fused-ring (bicyclic) bond motifs is 2. The van der Waals surface area contributed by atoms with Gasteiger partial charge in [-0.3, -0.25) is 0 Å². The van der Waals surface area contributed by atoms with E-state index < -0.39 is 0 Å². The molecule has 2 heterocycles. The highest BCUT2D eigenvalue weighted by Crippen LogP contribution is 2.51. The molecule has 0 amide bonds. The van der Waals surface area contributed by atoms with Gasteiger partial charge in [0.15, 0.2) is 0 Å². The van der Waals surface area contributed by atoms with Gasteiger partial charge in [-0.2, -0.15) is 0 Å². The van der Waals surface area contributed by atoms with Gasteiger partial charge in [0.1, 0.15) is 24.7 Å². The summed E-state index contributed by atoms with van der Waals surface area (Å²) in [6, 6.07) is 12.4. The second-order valence-corrected chi connectivity index (χ2v) is 7.80. The number of rotatable bonds is 5.